The third-order valence-electron chi connectivity index (χ3n) is 12.1. The van der Waals surface area contributed by atoms with Gasteiger partial charge in [0.05, 0.1) is 18.6 Å². The molecule has 1 N–H and O–H groups in total. The van der Waals surface area contributed by atoms with Crippen molar-refractivity contribution >= 4 is 11.8 Å². The van der Waals surface area contributed by atoms with E-state index in [0.717, 1.165) is 70.6 Å². The summed E-state index contributed by atoms with van der Waals surface area (Å²) in [5.41, 5.74) is 0.485. The molecule has 0 bridgehead atoms. The average molecular weight is 517 g/mol. The van der Waals surface area contributed by atoms with Gasteiger partial charge in [-0.3, -0.25) is 9.59 Å². The highest BCUT2D eigenvalue weighted by atomic mass is 16.5. The van der Waals surface area contributed by atoms with Crippen molar-refractivity contribution in [2.45, 2.75) is 139 Å². The number of ketones is 1. The summed E-state index contributed by atoms with van der Waals surface area (Å²) in [5, 5.41) is 11.0. The zero-order valence-corrected chi connectivity index (χ0v) is 25.7. The summed E-state index contributed by atoms with van der Waals surface area (Å²) in [5.74, 6) is 0.371. The molecule has 3 aliphatic carbocycles. The van der Waals surface area contributed by atoms with E-state index in [-0.39, 0.29) is 44.9 Å². The molecule has 0 radical (unpaired) electrons. The van der Waals surface area contributed by atoms with E-state index in [1.807, 2.05) is 6.08 Å². The van der Waals surface area contributed by atoms with Gasteiger partial charge in [-0.25, -0.2) is 0 Å². The van der Waals surface area contributed by atoms with Crippen molar-refractivity contribution in [2.24, 2.45) is 38.4 Å². The predicted octanol–water partition coefficient (Wildman–Crippen LogP) is 8.06. The van der Waals surface area contributed by atoms with Crippen molar-refractivity contribution in [2.75, 3.05) is 7.11 Å². The number of methoxy groups -OCH3 is 1. The molecule has 0 saturated heterocycles. The maximum atomic E-state index is 13.1. The van der Waals surface area contributed by atoms with E-state index in [9.17, 15) is 14.7 Å². The highest BCUT2D eigenvalue weighted by Crippen LogP contribution is 2.69. The fraction of sp³-hybridized carbons (Fsp3) is 0.879. The smallest absolute Gasteiger partial charge is 0.311 e. The van der Waals surface area contributed by atoms with Crippen molar-refractivity contribution in [3.8, 4) is 0 Å². The molecule has 6 atom stereocenters. The van der Waals surface area contributed by atoms with Gasteiger partial charge in [0, 0.05) is 0 Å². The quantitative estimate of drug-likeness (QED) is 0.304. The summed E-state index contributed by atoms with van der Waals surface area (Å²) < 4.78 is 5.34. The molecule has 3 aliphatic rings. The summed E-state index contributed by atoms with van der Waals surface area (Å²) in [4.78, 5) is 25.9. The Bertz CT molecular complexity index is 915. The number of ether oxygens (including phenoxy) is 1. The highest BCUT2D eigenvalue weighted by Gasteiger charge is 2.61. The second kappa shape index (κ2) is 10.1. The first-order chi connectivity index (χ1) is 16.9. The lowest BCUT2D eigenvalue weighted by Gasteiger charge is -2.64. The molecule has 0 heterocycles. The summed E-state index contributed by atoms with van der Waals surface area (Å²) in [6, 6.07) is 0. The van der Waals surface area contributed by atoms with Crippen LogP contribution < -0.4 is 0 Å². The van der Waals surface area contributed by atoms with E-state index in [2.05, 4.69) is 55.4 Å². The van der Waals surface area contributed by atoms with Crippen LogP contribution in [0.5, 0.6) is 0 Å². The van der Waals surface area contributed by atoms with Gasteiger partial charge in [-0.1, -0.05) is 60.5 Å². The number of aliphatic hydroxyl groups is 1. The monoisotopic (exact) mass is 516 g/mol. The SMILES string of the molecule is COC(=O)[C@@]1(C)CCC(C)(C)CCC[C@](C)([C@]2(C)CC[C@H]3C(C)(C)[C@@H](O)CC[C@]3(C)/C2=C/C(C)=O)CC1. The van der Waals surface area contributed by atoms with Crippen LogP contribution in [0.25, 0.3) is 0 Å². The van der Waals surface area contributed by atoms with Crippen LogP contribution >= 0.6 is 0 Å². The normalized spacial score (nSPS) is 43.5. The summed E-state index contributed by atoms with van der Waals surface area (Å²) in [6.45, 7) is 20.2. The van der Waals surface area contributed by atoms with Crippen molar-refractivity contribution < 1.29 is 19.4 Å². The first-order valence-electron chi connectivity index (χ1n) is 14.9. The number of carbonyl (C=O) groups excluding carboxylic acids is 2. The third-order valence-corrected chi connectivity index (χ3v) is 12.1. The van der Waals surface area contributed by atoms with Gasteiger partial charge in [-0.15, -0.1) is 0 Å². The molecule has 0 unspecified atom stereocenters. The Morgan fingerprint density at radius 3 is 2.05 bits per heavy atom. The number of esters is 1. The number of fused-ring (bicyclic) bond motifs is 1. The van der Waals surface area contributed by atoms with E-state index < -0.39 is 5.41 Å². The minimum absolute atomic E-state index is 0.0504. The number of hydrogen-bond acceptors (Lipinski definition) is 4. The van der Waals surface area contributed by atoms with Crippen LogP contribution in [0, 0.1) is 38.4 Å². The highest BCUT2D eigenvalue weighted by molar-refractivity contribution is 5.88. The van der Waals surface area contributed by atoms with E-state index >= 15 is 0 Å². The van der Waals surface area contributed by atoms with Gasteiger partial charge in [-0.05, 0) is 117 Å². The van der Waals surface area contributed by atoms with E-state index in [4.69, 9.17) is 4.74 Å². The maximum Gasteiger partial charge on any atom is 0.311 e. The predicted molar refractivity (Wildman–Crippen MR) is 151 cm³/mol. The Balaban J connectivity index is 2.12. The van der Waals surface area contributed by atoms with Crippen LogP contribution in [0.3, 0.4) is 0 Å². The Kier molecular flexibility index (Phi) is 8.30. The molecule has 4 nitrogen and oxygen atoms in total. The van der Waals surface area contributed by atoms with Crippen LogP contribution in [0.15, 0.2) is 11.6 Å². The molecule has 3 rings (SSSR count). The van der Waals surface area contributed by atoms with Crippen molar-refractivity contribution in [3.05, 3.63) is 11.6 Å². The van der Waals surface area contributed by atoms with Crippen molar-refractivity contribution in [3.63, 3.8) is 0 Å². The van der Waals surface area contributed by atoms with Crippen LogP contribution in [0.2, 0.25) is 0 Å². The molecule has 37 heavy (non-hydrogen) atoms. The third kappa shape index (κ3) is 5.35. The number of hydrogen-bond donors (Lipinski definition) is 1. The molecule has 212 valence electrons. The van der Waals surface area contributed by atoms with Gasteiger partial charge < -0.3 is 9.84 Å². The minimum atomic E-state index is -0.497. The first kappa shape index (κ1) is 30.4. The lowest BCUT2D eigenvalue weighted by molar-refractivity contribution is -0.154. The molecule has 4 heteroatoms. The van der Waals surface area contributed by atoms with Crippen LogP contribution in [-0.2, 0) is 14.3 Å². The number of allylic oxidation sites excluding steroid dienone is 2. The summed E-state index contributed by atoms with van der Waals surface area (Å²) in [7, 11) is 1.52. The second-order valence-electron chi connectivity index (χ2n) is 15.5. The van der Waals surface area contributed by atoms with E-state index in [0.29, 0.717) is 5.92 Å². The molecule has 0 aromatic heterocycles. The Morgan fingerprint density at radius 1 is 0.838 bits per heavy atom. The molecule has 0 amide bonds. The lowest BCUT2D eigenvalue weighted by Crippen LogP contribution is -2.58. The van der Waals surface area contributed by atoms with Crippen molar-refractivity contribution in [1.82, 2.24) is 0 Å². The van der Waals surface area contributed by atoms with Gasteiger partial charge >= 0.3 is 5.97 Å². The number of rotatable bonds is 3. The molecule has 0 aromatic carbocycles. The van der Waals surface area contributed by atoms with Crippen molar-refractivity contribution in [1.29, 1.82) is 0 Å². The van der Waals surface area contributed by atoms with Crippen LogP contribution in [0.4, 0.5) is 0 Å². The average Bonchev–Trinajstić information content (AvgIpc) is 2.80. The van der Waals surface area contributed by atoms with E-state index in [1.165, 1.54) is 12.7 Å². The van der Waals surface area contributed by atoms with Gasteiger partial charge in [-0.2, -0.15) is 0 Å². The largest absolute Gasteiger partial charge is 0.469 e. The molecule has 3 saturated carbocycles. The zero-order chi connectivity index (χ0) is 28.1. The van der Waals surface area contributed by atoms with Gasteiger partial charge in [0.15, 0.2) is 5.78 Å². The van der Waals surface area contributed by atoms with Gasteiger partial charge in [0.2, 0.25) is 0 Å². The Morgan fingerprint density at radius 2 is 1.46 bits per heavy atom. The molecule has 0 spiro atoms. The summed E-state index contributed by atoms with van der Waals surface area (Å²) >= 11 is 0. The lowest BCUT2D eigenvalue weighted by atomic mass is 9.40. The second-order valence-corrected chi connectivity index (χ2v) is 15.5. The molecule has 0 aliphatic heterocycles. The van der Waals surface area contributed by atoms with Crippen LogP contribution in [0.1, 0.15) is 133 Å². The summed E-state index contributed by atoms with van der Waals surface area (Å²) in [6.07, 6.45) is 12.4. The molecule has 0 aromatic rings. The van der Waals surface area contributed by atoms with E-state index in [1.54, 1.807) is 6.92 Å². The van der Waals surface area contributed by atoms with Gasteiger partial charge in [0.1, 0.15) is 0 Å². The standard InChI is InChI=1S/C33H56O4/c1-23(34)22-25-32(8)16-13-26(35)29(4,5)24(32)12-17-33(25,9)31(7)15-11-14-28(2,3)18-19-30(6,20-21-31)27(36)37-10/h22,24,26,35H,11-21H2,1-10H3/b25-22-/t24-,26-,30-,31-,32-,33+/m0/s1. The fourth-order valence-corrected chi connectivity index (χ4v) is 8.90. The Labute approximate surface area is 227 Å². The fourth-order valence-electron chi connectivity index (χ4n) is 8.90. The minimum Gasteiger partial charge on any atom is -0.469 e. The van der Waals surface area contributed by atoms with Gasteiger partial charge in [0.25, 0.3) is 0 Å². The zero-order valence-electron chi connectivity index (χ0n) is 25.7. The number of aliphatic hydroxyl groups excluding tert-OH is 1. The molecule has 3 fully saturated rings. The topological polar surface area (TPSA) is 63.6 Å². The first-order valence-corrected chi connectivity index (χ1v) is 14.9. The molecular weight excluding hydrogens is 460 g/mol. The van der Waals surface area contributed by atoms with Crippen LogP contribution in [-0.4, -0.2) is 30.1 Å². The molecular formula is C33H56O4. The number of carbonyl (C=O) groups is 2. The maximum absolute atomic E-state index is 13.1. The Hall–Kier alpha value is -1.16.